The summed E-state index contributed by atoms with van der Waals surface area (Å²) >= 11 is 0. The zero-order chi connectivity index (χ0) is 15.0. The quantitative estimate of drug-likeness (QED) is 0.941. The van der Waals surface area contributed by atoms with E-state index in [0.717, 1.165) is 49.3 Å². The third-order valence-corrected chi connectivity index (χ3v) is 4.47. The van der Waals surface area contributed by atoms with Crippen LogP contribution in [-0.2, 0) is 6.54 Å². The first kappa shape index (κ1) is 14.1. The van der Waals surface area contributed by atoms with Crippen molar-refractivity contribution in [1.82, 2.24) is 14.5 Å². The van der Waals surface area contributed by atoms with Gasteiger partial charge in [-0.15, -0.1) is 0 Å². The van der Waals surface area contributed by atoms with E-state index in [1.165, 1.54) is 0 Å². The second kappa shape index (κ2) is 5.48. The van der Waals surface area contributed by atoms with Crippen molar-refractivity contribution in [1.29, 1.82) is 0 Å². The first-order chi connectivity index (χ1) is 10.1. The van der Waals surface area contributed by atoms with Crippen LogP contribution < -0.4 is 0 Å². The lowest BCUT2D eigenvalue weighted by Gasteiger charge is -2.29. The molecule has 5 heteroatoms. The van der Waals surface area contributed by atoms with Crippen LogP contribution >= 0.6 is 0 Å². The number of carboxylic acids is 1. The van der Waals surface area contributed by atoms with Crippen molar-refractivity contribution in [3.63, 3.8) is 0 Å². The summed E-state index contributed by atoms with van der Waals surface area (Å²) in [7, 11) is 2.15. The summed E-state index contributed by atoms with van der Waals surface area (Å²) in [6.07, 6.45) is 2.32. The maximum absolute atomic E-state index is 11.5. The van der Waals surface area contributed by atoms with Crippen molar-refractivity contribution in [2.24, 2.45) is 5.92 Å². The van der Waals surface area contributed by atoms with E-state index < -0.39 is 5.97 Å². The Bertz CT molecular complexity index is 669. The van der Waals surface area contributed by atoms with Crippen LogP contribution in [0.1, 0.15) is 29.0 Å². The molecule has 2 heterocycles. The maximum Gasteiger partial charge on any atom is 0.337 e. The van der Waals surface area contributed by atoms with E-state index >= 15 is 0 Å². The van der Waals surface area contributed by atoms with Crippen LogP contribution in [0, 0.1) is 12.8 Å². The molecule has 112 valence electrons. The molecule has 3 rings (SSSR count). The molecule has 21 heavy (non-hydrogen) atoms. The monoisotopic (exact) mass is 287 g/mol. The van der Waals surface area contributed by atoms with Crippen LogP contribution in [0.15, 0.2) is 18.2 Å². The molecule has 0 unspecified atom stereocenters. The molecule has 1 aliphatic rings. The molecule has 1 N–H and O–H groups in total. The number of carboxylic acid groups (broad SMARTS) is 1. The smallest absolute Gasteiger partial charge is 0.337 e. The van der Waals surface area contributed by atoms with Gasteiger partial charge in [0.25, 0.3) is 0 Å². The topological polar surface area (TPSA) is 58.4 Å². The van der Waals surface area contributed by atoms with E-state index in [9.17, 15) is 9.90 Å². The van der Waals surface area contributed by atoms with Crippen molar-refractivity contribution in [2.75, 3.05) is 20.1 Å². The molecular formula is C16H21N3O2. The van der Waals surface area contributed by atoms with Gasteiger partial charge in [-0.25, -0.2) is 9.78 Å². The van der Waals surface area contributed by atoms with Crippen molar-refractivity contribution >= 4 is 17.0 Å². The van der Waals surface area contributed by atoms with E-state index in [1.54, 1.807) is 12.1 Å². The predicted molar refractivity (Wildman–Crippen MR) is 81.7 cm³/mol. The molecule has 0 atom stereocenters. The third-order valence-electron chi connectivity index (χ3n) is 4.47. The number of aryl methyl sites for hydroxylation is 1. The summed E-state index contributed by atoms with van der Waals surface area (Å²) < 4.78 is 2.09. The Balaban J connectivity index is 1.97. The number of hydrogen-bond acceptors (Lipinski definition) is 3. The molecule has 1 aromatic heterocycles. The minimum Gasteiger partial charge on any atom is -0.478 e. The average molecular weight is 287 g/mol. The third kappa shape index (κ3) is 2.65. The highest BCUT2D eigenvalue weighted by atomic mass is 16.4. The Morgan fingerprint density at radius 2 is 2.10 bits per heavy atom. The van der Waals surface area contributed by atoms with Gasteiger partial charge in [0.2, 0.25) is 0 Å². The Morgan fingerprint density at radius 1 is 1.38 bits per heavy atom. The lowest BCUT2D eigenvalue weighted by atomic mass is 9.97. The lowest BCUT2D eigenvalue weighted by molar-refractivity contribution is 0.0698. The molecule has 0 bridgehead atoms. The van der Waals surface area contributed by atoms with Gasteiger partial charge in [0.1, 0.15) is 5.82 Å². The number of rotatable bonds is 3. The fraction of sp³-hybridized carbons (Fsp3) is 0.500. The van der Waals surface area contributed by atoms with Crippen molar-refractivity contribution in [2.45, 2.75) is 26.3 Å². The van der Waals surface area contributed by atoms with Gasteiger partial charge < -0.3 is 14.6 Å². The van der Waals surface area contributed by atoms with Gasteiger partial charge in [-0.05, 0) is 58.0 Å². The molecular weight excluding hydrogens is 266 g/mol. The maximum atomic E-state index is 11.5. The summed E-state index contributed by atoms with van der Waals surface area (Å²) in [5, 5.41) is 9.41. The molecule has 2 aromatic rings. The van der Waals surface area contributed by atoms with E-state index in [4.69, 9.17) is 0 Å². The van der Waals surface area contributed by atoms with Gasteiger partial charge in [0.15, 0.2) is 0 Å². The Hall–Kier alpha value is -1.88. The van der Waals surface area contributed by atoms with E-state index in [1.807, 2.05) is 13.0 Å². The van der Waals surface area contributed by atoms with Crippen molar-refractivity contribution in [3.05, 3.63) is 29.6 Å². The second-order valence-electron chi connectivity index (χ2n) is 5.99. The highest BCUT2D eigenvalue weighted by Gasteiger charge is 2.21. The first-order valence-electron chi connectivity index (χ1n) is 7.44. The Labute approximate surface area is 124 Å². The zero-order valence-electron chi connectivity index (χ0n) is 12.5. The van der Waals surface area contributed by atoms with E-state index in [-0.39, 0.29) is 0 Å². The SMILES string of the molecule is Cc1nc2cccc(C(=O)O)c2n1CC1CCN(C)CC1. The molecule has 1 saturated heterocycles. The van der Waals surface area contributed by atoms with Crippen LogP contribution in [0.25, 0.3) is 11.0 Å². The second-order valence-corrected chi connectivity index (χ2v) is 5.99. The van der Waals surface area contributed by atoms with Crippen LogP contribution in [0.3, 0.4) is 0 Å². The number of likely N-dealkylation sites (tertiary alicyclic amines) is 1. The largest absolute Gasteiger partial charge is 0.478 e. The molecule has 0 spiro atoms. The summed E-state index contributed by atoms with van der Waals surface area (Å²) in [6, 6.07) is 5.31. The summed E-state index contributed by atoms with van der Waals surface area (Å²) in [6.45, 7) is 5.05. The predicted octanol–water partition coefficient (Wildman–Crippen LogP) is 2.38. The van der Waals surface area contributed by atoms with Crippen LogP contribution in [0.2, 0.25) is 0 Å². The number of carbonyl (C=O) groups is 1. The molecule has 1 aliphatic heterocycles. The van der Waals surface area contributed by atoms with Crippen molar-refractivity contribution < 1.29 is 9.90 Å². The highest BCUT2D eigenvalue weighted by Crippen LogP contribution is 2.25. The molecule has 1 fully saturated rings. The van der Waals surface area contributed by atoms with E-state index in [2.05, 4.69) is 21.5 Å². The number of imidazole rings is 1. The van der Waals surface area contributed by atoms with Crippen LogP contribution in [0.5, 0.6) is 0 Å². The summed E-state index contributed by atoms with van der Waals surface area (Å²) in [5.41, 5.74) is 1.89. The molecule has 0 amide bonds. The van der Waals surface area contributed by atoms with Gasteiger partial charge in [-0.1, -0.05) is 6.07 Å². The molecule has 0 radical (unpaired) electrons. The highest BCUT2D eigenvalue weighted by molar-refractivity contribution is 6.01. The van der Waals surface area contributed by atoms with Gasteiger partial charge >= 0.3 is 5.97 Å². The summed E-state index contributed by atoms with van der Waals surface area (Å²) in [4.78, 5) is 18.3. The fourth-order valence-corrected chi connectivity index (χ4v) is 3.20. The fourth-order valence-electron chi connectivity index (χ4n) is 3.20. The Kier molecular flexibility index (Phi) is 3.68. The van der Waals surface area contributed by atoms with E-state index in [0.29, 0.717) is 11.5 Å². The minimum atomic E-state index is -0.884. The number of nitrogens with zero attached hydrogens (tertiary/aromatic N) is 3. The molecule has 0 saturated carbocycles. The number of fused-ring (bicyclic) bond motifs is 1. The number of hydrogen-bond donors (Lipinski definition) is 1. The van der Waals surface area contributed by atoms with Gasteiger partial charge in [0.05, 0.1) is 16.6 Å². The van der Waals surface area contributed by atoms with Crippen molar-refractivity contribution in [3.8, 4) is 0 Å². The average Bonchev–Trinajstić information content (AvgIpc) is 2.77. The number of aromatic carboxylic acids is 1. The Morgan fingerprint density at radius 3 is 2.76 bits per heavy atom. The molecule has 1 aromatic carbocycles. The number of para-hydroxylation sites is 1. The molecule has 5 nitrogen and oxygen atoms in total. The zero-order valence-corrected chi connectivity index (χ0v) is 12.5. The minimum absolute atomic E-state index is 0.348. The number of piperidine rings is 1. The van der Waals surface area contributed by atoms with Gasteiger partial charge in [0, 0.05) is 6.54 Å². The summed E-state index contributed by atoms with van der Waals surface area (Å²) in [5.74, 6) is 0.613. The standard InChI is InChI=1S/C16H21N3O2/c1-11-17-14-5-3-4-13(16(20)21)15(14)19(11)10-12-6-8-18(2)9-7-12/h3-5,12H,6-10H2,1-2H3,(H,20,21). The van der Waals surface area contributed by atoms with Gasteiger partial charge in [-0.3, -0.25) is 0 Å². The number of aromatic nitrogens is 2. The van der Waals surface area contributed by atoms with Crippen LogP contribution in [-0.4, -0.2) is 45.7 Å². The van der Waals surface area contributed by atoms with Gasteiger partial charge in [-0.2, -0.15) is 0 Å². The normalized spacial score (nSPS) is 17.4. The number of benzene rings is 1. The molecule has 0 aliphatic carbocycles. The van der Waals surface area contributed by atoms with Crippen LogP contribution in [0.4, 0.5) is 0 Å². The first-order valence-corrected chi connectivity index (χ1v) is 7.44. The lowest BCUT2D eigenvalue weighted by Crippen LogP contribution is -2.32.